The number of anilines is 1. The third-order valence-electron chi connectivity index (χ3n) is 4.94. The van der Waals surface area contributed by atoms with E-state index >= 15 is 0 Å². The molecule has 148 valence electrons. The highest BCUT2D eigenvalue weighted by atomic mass is 16.5. The van der Waals surface area contributed by atoms with Gasteiger partial charge in [-0.2, -0.15) is 0 Å². The van der Waals surface area contributed by atoms with Crippen LogP contribution in [0.15, 0.2) is 54.6 Å². The average Bonchev–Trinajstić information content (AvgIpc) is 2.74. The van der Waals surface area contributed by atoms with Gasteiger partial charge in [0.2, 0.25) is 11.8 Å². The minimum Gasteiger partial charge on any atom is -0.497 e. The molecule has 3 rings (SSSR count). The molecule has 28 heavy (non-hydrogen) atoms. The molecule has 0 atom stereocenters. The van der Waals surface area contributed by atoms with Crippen LogP contribution in [0.25, 0.3) is 0 Å². The highest BCUT2D eigenvalue weighted by Crippen LogP contribution is 2.16. The molecule has 1 aliphatic rings. The fourth-order valence-corrected chi connectivity index (χ4v) is 3.34. The number of hydrogen-bond acceptors (Lipinski definition) is 4. The van der Waals surface area contributed by atoms with Crippen molar-refractivity contribution in [2.45, 2.75) is 12.8 Å². The Morgan fingerprint density at radius 1 is 1.00 bits per heavy atom. The van der Waals surface area contributed by atoms with E-state index in [0.29, 0.717) is 26.1 Å². The molecule has 0 bridgehead atoms. The van der Waals surface area contributed by atoms with Crippen molar-refractivity contribution in [2.24, 2.45) is 0 Å². The first kappa shape index (κ1) is 19.7. The molecule has 1 aliphatic heterocycles. The van der Waals surface area contributed by atoms with Crippen LogP contribution in [0.3, 0.4) is 0 Å². The first-order valence-corrected chi connectivity index (χ1v) is 9.63. The Morgan fingerprint density at radius 3 is 2.46 bits per heavy atom. The Kier molecular flexibility index (Phi) is 6.89. The normalized spacial score (nSPS) is 13.9. The van der Waals surface area contributed by atoms with E-state index in [4.69, 9.17) is 4.74 Å². The number of nitrogens with one attached hydrogen (secondary N) is 1. The van der Waals surface area contributed by atoms with Gasteiger partial charge in [0.05, 0.1) is 7.11 Å². The van der Waals surface area contributed by atoms with E-state index < -0.39 is 0 Å². The van der Waals surface area contributed by atoms with Crippen molar-refractivity contribution >= 4 is 17.5 Å². The lowest BCUT2D eigenvalue weighted by atomic mass is 10.1. The largest absolute Gasteiger partial charge is 0.497 e. The van der Waals surface area contributed by atoms with Crippen LogP contribution in [0, 0.1) is 0 Å². The molecule has 2 aromatic rings. The van der Waals surface area contributed by atoms with E-state index in [1.807, 2.05) is 42.5 Å². The van der Waals surface area contributed by atoms with Crippen molar-refractivity contribution in [3.8, 4) is 5.75 Å². The predicted molar refractivity (Wildman–Crippen MR) is 110 cm³/mol. The molecule has 2 aromatic carbocycles. The molecule has 6 heteroatoms. The van der Waals surface area contributed by atoms with Gasteiger partial charge in [0.25, 0.3) is 0 Å². The zero-order valence-corrected chi connectivity index (χ0v) is 16.3. The SMILES string of the molecule is COc1cccc(CCNC(=O)CC(=O)N2CCN(c3ccccc3)CC2)c1. The van der Waals surface area contributed by atoms with Crippen molar-refractivity contribution in [1.29, 1.82) is 0 Å². The maximum Gasteiger partial charge on any atom is 0.232 e. The molecule has 1 fully saturated rings. The number of carbonyl (C=O) groups excluding carboxylic acids is 2. The van der Waals surface area contributed by atoms with Crippen molar-refractivity contribution in [1.82, 2.24) is 10.2 Å². The second-order valence-electron chi connectivity index (χ2n) is 6.83. The van der Waals surface area contributed by atoms with Crippen LogP contribution < -0.4 is 15.0 Å². The Balaban J connectivity index is 1.38. The van der Waals surface area contributed by atoms with E-state index in [1.54, 1.807) is 12.0 Å². The summed E-state index contributed by atoms with van der Waals surface area (Å²) in [6.45, 7) is 3.36. The Labute approximate surface area is 166 Å². The van der Waals surface area contributed by atoms with Crippen LogP contribution in [-0.4, -0.2) is 56.5 Å². The fraction of sp³-hybridized carbons (Fsp3) is 0.364. The van der Waals surface area contributed by atoms with E-state index in [0.717, 1.165) is 24.4 Å². The third-order valence-corrected chi connectivity index (χ3v) is 4.94. The second-order valence-corrected chi connectivity index (χ2v) is 6.83. The monoisotopic (exact) mass is 381 g/mol. The second kappa shape index (κ2) is 9.78. The first-order chi connectivity index (χ1) is 13.7. The minimum absolute atomic E-state index is 0.0938. The lowest BCUT2D eigenvalue weighted by Crippen LogP contribution is -2.49. The maximum absolute atomic E-state index is 12.4. The summed E-state index contributed by atoms with van der Waals surface area (Å²) in [5, 5.41) is 2.84. The molecule has 0 saturated carbocycles. The van der Waals surface area contributed by atoms with Crippen molar-refractivity contribution in [2.75, 3.05) is 44.7 Å². The predicted octanol–water partition coefficient (Wildman–Crippen LogP) is 2.09. The van der Waals surface area contributed by atoms with Crippen LogP contribution in [0.2, 0.25) is 0 Å². The molecule has 2 amide bonds. The summed E-state index contributed by atoms with van der Waals surface area (Å²) in [7, 11) is 1.63. The smallest absolute Gasteiger partial charge is 0.232 e. The van der Waals surface area contributed by atoms with Gasteiger partial charge in [0.1, 0.15) is 12.2 Å². The Bertz CT molecular complexity index is 787. The van der Waals surface area contributed by atoms with Gasteiger partial charge in [-0.3, -0.25) is 9.59 Å². The van der Waals surface area contributed by atoms with Gasteiger partial charge < -0.3 is 19.9 Å². The topological polar surface area (TPSA) is 61.9 Å². The third kappa shape index (κ3) is 5.49. The van der Waals surface area contributed by atoms with Crippen molar-refractivity contribution in [3.05, 3.63) is 60.2 Å². The van der Waals surface area contributed by atoms with Gasteiger partial charge in [-0.25, -0.2) is 0 Å². The number of para-hydroxylation sites is 1. The van der Waals surface area contributed by atoms with Gasteiger partial charge in [-0.05, 0) is 36.2 Å². The fourth-order valence-electron chi connectivity index (χ4n) is 3.34. The van der Waals surface area contributed by atoms with Crippen LogP contribution >= 0.6 is 0 Å². The summed E-state index contributed by atoms with van der Waals surface area (Å²) in [4.78, 5) is 28.5. The summed E-state index contributed by atoms with van der Waals surface area (Å²) < 4.78 is 5.20. The highest BCUT2D eigenvalue weighted by molar-refractivity contribution is 5.97. The standard InChI is InChI=1S/C22H27N3O3/c1-28-20-9-5-6-18(16-20)10-11-23-21(26)17-22(27)25-14-12-24(13-15-25)19-7-3-2-4-8-19/h2-9,16H,10-15,17H2,1H3,(H,23,26). The molecular formula is C22H27N3O3. The van der Waals surface area contributed by atoms with Crippen LogP contribution in [-0.2, 0) is 16.0 Å². The number of methoxy groups -OCH3 is 1. The minimum atomic E-state index is -0.224. The molecule has 0 aliphatic carbocycles. The van der Waals surface area contributed by atoms with Gasteiger partial charge in [-0.1, -0.05) is 30.3 Å². The number of ether oxygens (including phenoxy) is 1. The van der Waals surface area contributed by atoms with Gasteiger partial charge in [-0.15, -0.1) is 0 Å². The summed E-state index contributed by atoms with van der Waals surface area (Å²) in [5.74, 6) is 0.471. The van der Waals surface area contributed by atoms with Crippen molar-refractivity contribution in [3.63, 3.8) is 0 Å². The van der Waals surface area contributed by atoms with E-state index in [1.165, 1.54) is 5.69 Å². The number of carbonyl (C=O) groups is 2. The molecule has 1 saturated heterocycles. The highest BCUT2D eigenvalue weighted by Gasteiger charge is 2.22. The van der Waals surface area contributed by atoms with Crippen LogP contribution in [0.1, 0.15) is 12.0 Å². The molecule has 0 radical (unpaired) electrons. The number of benzene rings is 2. The number of nitrogens with zero attached hydrogens (tertiary/aromatic N) is 2. The average molecular weight is 381 g/mol. The number of amides is 2. The maximum atomic E-state index is 12.4. The summed E-state index contributed by atoms with van der Waals surface area (Å²) in [5.41, 5.74) is 2.26. The molecule has 1 N–H and O–H groups in total. The Hall–Kier alpha value is -3.02. The molecule has 1 heterocycles. The zero-order chi connectivity index (χ0) is 19.8. The van der Waals surface area contributed by atoms with E-state index in [9.17, 15) is 9.59 Å². The quantitative estimate of drug-likeness (QED) is 0.746. The summed E-state index contributed by atoms with van der Waals surface area (Å²) >= 11 is 0. The number of piperazine rings is 1. The van der Waals surface area contributed by atoms with Crippen LogP contribution in [0.4, 0.5) is 5.69 Å². The summed E-state index contributed by atoms with van der Waals surface area (Å²) in [6, 6.07) is 17.9. The van der Waals surface area contributed by atoms with Gasteiger partial charge in [0, 0.05) is 38.4 Å². The molecule has 0 unspecified atom stereocenters. The molecule has 6 nitrogen and oxygen atoms in total. The lowest BCUT2D eigenvalue weighted by molar-refractivity contribution is -0.136. The zero-order valence-electron chi connectivity index (χ0n) is 16.3. The van der Waals surface area contributed by atoms with Crippen molar-refractivity contribution < 1.29 is 14.3 Å². The van der Waals surface area contributed by atoms with Crippen LogP contribution in [0.5, 0.6) is 5.75 Å². The number of hydrogen-bond donors (Lipinski definition) is 1. The molecule has 0 spiro atoms. The van der Waals surface area contributed by atoms with Gasteiger partial charge >= 0.3 is 0 Å². The van der Waals surface area contributed by atoms with E-state index in [2.05, 4.69) is 22.3 Å². The molecule has 0 aromatic heterocycles. The van der Waals surface area contributed by atoms with Gasteiger partial charge in [0.15, 0.2) is 0 Å². The number of rotatable bonds is 7. The van der Waals surface area contributed by atoms with E-state index in [-0.39, 0.29) is 18.2 Å². The Morgan fingerprint density at radius 2 is 1.75 bits per heavy atom. The first-order valence-electron chi connectivity index (χ1n) is 9.63. The molecular weight excluding hydrogens is 354 g/mol. The lowest BCUT2D eigenvalue weighted by Gasteiger charge is -2.36. The summed E-state index contributed by atoms with van der Waals surface area (Å²) in [6.07, 6.45) is 0.607.